The fourth-order valence-corrected chi connectivity index (χ4v) is 3.85. The molecule has 1 atom stereocenters. The predicted octanol–water partition coefficient (Wildman–Crippen LogP) is 0.832. The van der Waals surface area contributed by atoms with Gasteiger partial charge in [-0.25, -0.2) is 17.5 Å². The maximum absolute atomic E-state index is 13.5. The molecule has 1 aromatic carbocycles. The molecule has 1 unspecified atom stereocenters. The van der Waals surface area contributed by atoms with Crippen molar-refractivity contribution >= 4 is 27.2 Å². The van der Waals surface area contributed by atoms with Crippen molar-refractivity contribution < 1.29 is 12.8 Å². The third-order valence-corrected chi connectivity index (χ3v) is 5.20. The van der Waals surface area contributed by atoms with Gasteiger partial charge in [0.1, 0.15) is 10.8 Å². The Morgan fingerprint density at radius 2 is 2.24 bits per heavy atom. The average Bonchev–Trinajstić information content (AvgIpc) is 2.38. The first-order chi connectivity index (χ1) is 9.79. The molecule has 0 aromatic heterocycles. The normalized spacial score (nSPS) is 20.4. The summed E-state index contributed by atoms with van der Waals surface area (Å²) in [6.07, 6.45) is 1.72. The van der Waals surface area contributed by atoms with Crippen molar-refractivity contribution in [2.45, 2.75) is 23.8 Å². The average molecular weight is 331 g/mol. The summed E-state index contributed by atoms with van der Waals surface area (Å²) in [4.78, 5) is 1.88. The summed E-state index contributed by atoms with van der Waals surface area (Å²) < 4.78 is 40.9. The first-order valence-electron chi connectivity index (χ1n) is 6.60. The van der Waals surface area contributed by atoms with Crippen LogP contribution in [0.15, 0.2) is 23.1 Å². The number of hydrogen-bond donors (Lipinski definition) is 2. The van der Waals surface area contributed by atoms with E-state index >= 15 is 0 Å². The zero-order valence-corrected chi connectivity index (χ0v) is 13.3. The Labute approximate surface area is 129 Å². The van der Waals surface area contributed by atoms with Crippen LogP contribution in [-0.4, -0.2) is 44.5 Å². The number of hydrogen-bond acceptors (Lipinski definition) is 4. The third-order valence-electron chi connectivity index (χ3n) is 3.46. The number of rotatable bonds is 4. The molecule has 2 rings (SSSR count). The lowest BCUT2D eigenvalue weighted by Crippen LogP contribution is -2.46. The van der Waals surface area contributed by atoms with Gasteiger partial charge in [0.25, 0.3) is 0 Å². The largest absolute Gasteiger partial charge is 0.389 e. The van der Waals surface area contributed by atoms with E-state index in [-0.39, 0.29) is 21.5 Å². The molecule has 3 N–H and O–H groups in total. The lowest BCUT2D eigenvalue weighted by atomic mass is 10.1. The molecule has 1 heterocycles. The summed E-state index contributed by atoms with van der Waals surface area (Å²) in [6, 6.07) is 3.31. The van der Waals surface area contributed by atoms with Gasteiger partial charge in [0.05, 0.1) is 4.90 Å². The lowest BCUT2D eigenvalue weighted by molar-refractivity contribution is 0.242. The highest BCUT2D eigenvalue weighted by Gasteiger charge is 2.24. The minimum Gasteiger partial charge on any atom is -0.389 e. The first kappa shape index (κ1) is 16.3. The van der Waals surface area contributed by atoms with E-state index in [1.165, 1.54) is 12.1 Å². The second-order valence-corrected chi connectivity index (χ2v) is 7.38. The summed E-state index contributed by atoms with van der Waals surface area (Å²) in [5.41, 5.74) is 5.34. The van der Waals surface area contributed by atoms with Crippen LogP contribution in [0.1, 0.15) is 18.4 Å². The first-order valence-corrected chi connectivity index (χ1v) is 8.49. The number of nitrogens with two attached hydrogens (primary N) is 1. The highest BCUT2D eigenvalue weighted by molar-refractivity contribution is 7.89. The van der Waals surface area contributed by atoms with Crippen LogP contribution in [0, 0.1) is 5.82 Å². The summed E-state index contributed by atoms with van der Waals surface area (Å²) in [6.45, 7) is 1.61. The van der Waals surface area contributed by atoms with Crippen LogP contribution in [-0.2, 0) is 10.0 Å². The Bertz CT molecular complexity index is 649. The second kappa shape index (κ2) is 6.35. The highest BCUT2D eigenvalue weighted by atomic mass is 32.2. The van der Waals surface area contributed by atoms with Crippen molar-refractivity contribution in [3.63, 3.8) is 0 Å². The van der Waals surface area contributed by atoms with Gasteiger partial charge >= 0.3 is 0 Å². The van der Waals surface area contributed by atoms with Gasteiger partial charge in [0.15, 0.2) is 0 Å². The van der Waals surface area contributed by atoms with Crippen molar-refractivity contribution in [1.82, 2.24) is 9.62 Å². The standard InChI is InChI=1S/C13H18FN3O2S2/c1-17-6-2-3-9(8-17)16-21(18,19)10-4-5-12(14)11(7-10)13(15)20/h4-5,7,9,16H,2-3,6,8H2,1H3,(H2,15,20). The van der Waals surface area contributed by atoms with Crippen LogP contribution in [0.25, 0.3) is 0 Å². The molecule has 1 fully saturated rings. The maximum atomic E-state index is 13.5. The number of sulfonamides is 1. The Balaban J connectivity index is 2.23. The molecule has 1 saturated heterocycles. The van der Waals surface area contributed by atoms with Crippen molar-refractivity contribution in [2.75, 3.05) is 20.1 Å². The predicted molar refractivity (Wildman–Crippen MR) is 83.1 cm³/mol. The van der Waals surface area contributed by atoms with Gasteiger partial charge in [-0.1, -0.05) is 12.2 Å². The van der Waals surface area contributed by atoms with Crippen molar-refractivity contribution in [2.24, 2.45) is 5.73 Å². The molecule has 0 radical (unpaired) electrons. The SMILES string of the molecule is CN1CCCC(NS(=O)(=O)c2ccc(F)c(C(N)=S)c2)C1. The molecule has 1 aromatic rings. The fourth-order valence-electron chi connectivity index (χ4n) is 2.41. The van der Waals surface area contributed by atoms with Crippen LogP contribution in [0.2, 0.25) is 0 Å². The van der Waals surface area contributed by atoms with Crippen molar-refractivity contribution in [3.05, 3.63) is 29.6 Å². The number of piperidine rings is 1. The molecular formula is C13H18FN3O2S2. The van der Waals surface area contributed by atoms with Gasteiger partial charge < -0.3 is 10.6 Å². The molecule has 0 spiro atoms. The molecule has 0 amide bonds. The van der Waals surface area contributed by atoms with E-state index in [1.807, 2.05) is 7.05 Å². The molecule has 0 saturated carbocycles. The molecule has 21 heavy (non-hydrogen) atoms. The van der Waals surface area contributed by atoms with Gasteiger partial charge in [-0.05, 0) is 44.6 Å². The van der Waals surface area contributed by atoms with Crippen LogP contribution >= 0.6 is 12.2 Å². The smallest absolute Gasteiger partial charge is 0.240 e. The summed E-state index contributed by atoms with van der Waals surface area (Å²) in [5.74, 6) is -0.626. The third kappa shape index (κ3) is 3.97. The Hall–Kier alpha value is -1.09. The molecule has 0 bridgehead atoms. The molecule has 0 aliphatic carbocycles. The number of benzene rings is 1. The summed E-state index contributed by atoms with van der Waals surface area (Å²) in [5, 5.41) is 0. The van der Waals surface area contributed by atoms with Gasteiger partial charge in [-0.15, -0.1) is 0 Å². The van der Waals surface area contributed by atoms with E-state index < -0.39 is 15.8 Å². The monoisotopic (exact) mass is 331 g/mol. The molecule has 5 nitrogen and oxygen atoms in total. The quantitative estimate of drug-likeness (QED) is 0.800. The molecule has 1 aliphatic rings. The van der Waals surface area contributed by atoms with Gasteiger partial charge in [0.2, 0.25) is 10.0 Å². The molecule has 8 heteroatoms. The Kier molecular flexibility index (Phi) is 4.92. The van der Waals surface area contributed by atoms with Crippen LogP contribution in [0.3, 0.4) is 0 Å². The van der Waals surface area contributed by atoms with E-state index in [0.717, 1.165) is 25.5 Å². The minimum absolute atomic E-state index is 0.0278. The van der Waals surface area contributed by atoms with Crippen LogP contribution < -0.4 is 10.5 Å². The number of thiocarbonyl (C=S) groups is 1. The zero-order chi connectivity index (χ0) is 15.6. The van der Waals surface area contributed by atoms with E-state index in [1.54, 1.807) is 0 Å². The lowest BCUT2D eigenvalue weighted by Gasteiger charge is -2.30. The number of nitrogens with one attached hydrogen (secondary N) is 1. The Morgan fingerprint density at radius 3 is 2.86 bits per heavy atom. The topological polar surface area (TPSA) is 75.4 Å². The molecular weight excluding hydrogens is 313 g/mol. The van der Waals surface area contributed by atoms with Crippen LogP contribution in [0.5, 0.6) is 0 Å². The van der Waals surface area contributed by atoms with Gasteiger partial charge in [0, 0.05) is 18.2 Å². The number of likely N-dealkylation sites (tertiary alicyclic amines) is 1. The van der Waals surface area contributed by atoms with Gasteiger partial charge in [-0.2, -0.15) is 0 Å². The maximum Gasteiger partial charge on any atom is 0.240 e. The van der Waals surface area contributed by atoms with Crippen LogP contribution in [0.4, 0.5) is 4.39 Å². The van der Waals surface area contributed by atoms with E-state index in [9.17, 15) is 12.8 Å². The fraction of sp³-hybridized carbons (Fsp3) is 0.462. The molecule has 1 aliphatic heterocycles. The van der Waals surface area contributed by atoms with Gasteiger partial charge in [-0.3, -0.25) is 0 Å². The number of halogens is 1. The van der Waals surface area contributed by atoms with E-state index in [0.29, 0.717) is 6.54 Å². The number of likely N-dealkylation sites (N-methyl/N-ethyl adjacent to an activating group) is 1. The highest BCUT2D eigenvalue weighted by Crippen LogP contribution is 2.17. The Morgan fingerprint density at radius 1 is 1.52 bits per heavy atom. The second-order valence-electron chi connectivity index (χ2n) is 5.23. The van der Waals surface area contributed by atoms with E-state index in [2.05, 4.69) is 9.62 Å². The molecule has 116 valence electrons. The van der Waals surface area contributed by atoms with Crippen molar-refractivity contribution in [1.29, 1.82) is 0 Å². The summed E-state index contributed by atoms with van der Waals surface area (Å²) >= 11 is 4.72. The van der Waals surface area contributed by atoms with Crippen molar-refractivity contribution in [3.8, 4) is 0 Å². The minimum atomic E-state index is -3.71. The van der Waals surface area contributed by atoms with E-state index in [4.69, 9.17) is 18.0 Å². The summed E-state index contributed by atoms with van der Waals surface area (Å²) in [7, 11) is -1.77. The number of nitrogens with zero attached hydrogens (tertiary/aromatic N) is 1. The zero-order valence-electron chi connectivity index (χ0n) is 11.7.